The van der Waals surface area contributed by atoms with Crippen molar-refractivity contribution < 1.29 is 5.11 Å². The lowest BCUT2D eigenvalue weighted by Crippen LogP contribution is -2.53. The van der Waals surface area contributed by atoms with Gasteiger partial charge in [0.25, 0.3) is 0 Å². The van der Waals surface area contributed by atoms with E-state index in [2.05, 4.69) is 30.6 Å². The summed E-state index contributed by atoms with van der Waals surface area (Å²) in [5.41, 5.74) is 0. The Bertz CT molecular complexity index is 173. The molecule has 0 aromatic rings. The van der Waals surface area contributed by atoms with Crippen molar-refractivity contribution in [2.24, 2.45) is 5.92 Å². The monoisotopic (exact) mass is 214 g/mol. The maximum Gasteiger partial charge on any atom is 0.0558 e. The van der Waals surface area contributed by atoms with E-state index in [1.807, 2.05) is 0 Å². The molecule has 1 saturated heterocycles. The van der Waals surface area contributed by atoms with Gasteiger partial charge in [0.05, 0.1) is 6.61 Å². The van der Waals surface area contributed by atoms with Crippen LogP contribution in [0.2, 0.25) is 0 Å². The van der Waals surface area contributed by atoms with Crippen LogP contribution in [0.4, 0.5) is 0 Å². The van der Waals surface area contributed by atoms with E-state index >= 15 is 0 Å². The summed E-state index contributed by atoms with van der Waals surface area (Å²) in [6, 6.07) is 0.690. The Morgan fingerprint density at radius 3 is 2.60 bits per heavy atom. The zero-order valence-corrected chi connectivity index (χ0v) is 10.4. The zero-order valence-electron chi connectivity index (χ0n) is 10.4. The summed E-state index contributed by atoms with van der Waals surface area (Å²) in [5, 5.41) is 8.95. The molecule has 0 bridgehead atoms. The van der Waals surface area contributed by atoms with Gasteiger partial charge in [0.15, 0.2) is 0 Å². The molecule has 1 aliphatic rings. The molecule has 0 radical (unpaired) electrons. The van der Waals surface area contributed by atoms with Crippen molar-refractivity contribution in [1.29, 1.82) is 0 Å². The number of likely N-dealkylation sites (N-methyl/N-ethyl adjacent to an activating group) is 1. The molecule has 3 nitrogen and oxygen atoms in total. The molecule has 0 aliphatic carbocycles. The third-order valence-electron chi connectivity index (χ3n) is 3.25. The molecular formula is C12H26N2O. The molecule has 1 fully saturated rings. The highest BCUT2D eigenvalue weighted by Gasteiger charge is 2.25. The van der Waals surface area contributed by atoms with Gasteiger partial charge < -0.3 is 5.11 Å². The highest BCUT2D eigenvalue weighted by atomic mass is 16.3. The van der Waals surface area contributed by atoms with Gasteiger partial charge in [0.2, 0.25) is 0 Å². The highest BCUT2D eigenvalue weighted by Crippen LogP contribution is 2.16. The summed E-state index contributed by atoms with van der Waals surface area (Å²) < 4.78 is 0. The van der Waals surface area contributed by atoms with Gasteiger partial charge in [-0.25, -0.2) is 0 Å². The van der Waals surface area contributed by atoms with Crippen molar-refractivity contribution in [2.45, 2.75) is 33.2 Å². The lowest BCUT2D eigenvalue weighted by Gasteiger charge is -2.41. The smallest absolute Gasteiger partial charge is 0.0558 e. The Morgan fingerprint density at radius 1 is 1.33 bits per heavy atom. The van der Waals surface area contributed by atoms with Crippen LogP contribution in [0.25, 0.3) is 0 Å². The predicted molar refractivity (Wildman–Crippen MR) is 64.0 cm³/mol. The molecular weight excluding hydrogens is 188 g/mol. The van der Waals surface area contributed by atoms with Crippen molar-refractivity contribution in [3.63, 3.8) is 0 Å². The van der Waals surface area contributed by atoms with Gasteiger partial charge in [-0.15, -0.1) is 0 Å². The standard InChI is InChI=1S/C12H26N2O/c1-4-14-6-5-13(7-8-15)10-12(14)9-11(2)3/h11-12,15H,4-10H2,1-3H3. The summed E-state index contributed by atoms with van der Waals surface area (Å²) in [5.74, 6) is 0.762. The Labute approximate surface area is 94.1 Å². The number of aliphatic hydroxyl groups excluding tert-OH is 1. The summed E-state index contributed by atoms with van der Waals surface area (Å²) in [4.78, 5) is 4.97. The SMILES string of the molecule is CCN1CCN(CCO)CC1CC(C)C. The molecule has 1 N–H and O–H groups in total. The van der Waals surface area contributed by atoms with Gasteiger partial charge >= 0.3 is 0 Å². The zero-order chi connectivity index (χ0) is 11.3. The van der Waals surface area contributed by atoms with Crippen molar-refractivity contribution >= 4 is 0 Å². The van der Waals surface area contributed by atoms with Gasteiger partial charge in [-0.3, -0.25) is 9.80 Å². The summed E-state index contributed by atoms with van der Waals surface area (Å²) in [6.45, 7) is 12.5. The third-order valence-corrected chi connectivity index (χ3v) is 3.25. The largest absolute Gasteiger partial charge is 0.395 e. The molecule has 0 spiro atoms. The van der Waals surface area contributed by atoms with Crippen LogP contribution >= 0.6 is 0 Å². The second kappa shape index (κ2) is 6.46. The number of piperazine rings is 1. The van der Waals surface area contributed by atoms with E-state index in [1.165, 1.54) is 6.42 Å². The average Bonchev–Trinajstić information content (AvgIpc) is 2.18. The molecule has 0 amide bonds. The summed E-state index contributed by atoms with van der Waals surface area (Å²) >= 11 is 0. The number of rotatable bonds is 5. The fourth-order valence-corrected chi connectivity index (χ4v) is 2.49. The quantitative estimate of drug-likeness (QED) is 0.740. The van der Waals surface area contributed by atoms with Gasteiger partial charge in [-0.2, -0.15) is 0 Å². The topological polar surface area (TPSA) is 26.7 Å². The Hall–Kier alpha value is -0.120. The minimum atomic E-state index is 0.292. The number of nitrogens with zero attached hydrogens (tertiary/aromatic N) is 2. The van der Waals surface area contributed by atoms with Crippen molar-refractivity contribution in [3.05, 3.63) is 0 Å². The summed E-state index contributed by atoms with van der Waals surface area (Å²) in [6.07, 6.45) is 1.27. The molecule has 0 aromatic carbocycles. The molecule has 1 heterocycles. The van der Waals surface area contributed by atoms with Crippen molar-refractivity contribution in [3.8, 4) is 0 Å². The van der Waals surface area contributed by atoms with Crippen LogP contribution in [-0.2, 0) is 0 Å². The fraction of sp³-hybridized carbons (Fsp3) is 1.00. The predicted octanol–water partition coefficient (Wildman–Crippen LogP) is 1.03. The van der Waals surface area contributed by atoms with Crippen molar-refractivity contribution in [1.82, 2.24) is 9.80 Å². The van der Waals surface area contributed by atoms with Crippen LogP contribution in [0.15, 0.2) is 0 Å². The van der Waals surface area contributed by atoms with E-state index in [0.717, 1.165) is 38.6 Å². The molecule has 1 unspecified atom stereocenters. The first-order valence-corrected chi connectivity index (χ1v) is 6.24. The van der Waals surface area contributed by atoms with Gasteiger partial charge in [0, 0.05) is 32.2 Å². The highest BCUT2D eigenvalue weighted by molar-refractivity contribution is 4.82. The lowest BCUT2D eigenvalue weighted by molar-refractivity contribution is 0.0571. The van der Waals surface area contributed by atoms with Gasteiger partial charge in [-0.05, 0) is 18.9 Å². The second-order valence-electron chi connectivity index (χ2n) is 4.94. The normalized spacial score (nSPS) is 25.0. The number of hydrogen-bond donors (Lipinski definition) is 1. The minimum Gasteiger partial charge on any atom is -0.395 e. The van der Waals surface area contributed by atoms with Gasteiger partial charge in [0.1, 0.15) is 0 Å². The molecule has 0 aromatic heterocycles. The number of hydrogen-bond acceptors (Lipinski definition) is 3. The number of β-amino-alcohol motifs (C(OH)–C–C–N with tert-alkyl or cyclic N) is 1. The summed E-state index contributed by atoms with van der Waals surface area (Å²) in [7, 11) is 0. The van der Waals surface area contributed by atoms with Crippen LogP contribution in [0.5, 0.6) is 0 Å². The van der Waals surface area contributed by atoms with Crippen LogP contribution in [0.1, 0.15) is 27.2 Å². The van der Waals surface area contributed by atoms with Crippen LogP contribution in [-0.4, -0.2) is 60.3 Å². The van der Waals surface area contributed by atoms with E-state index in [1.54, 1.807) is 0 Å². The first-order chi connectivity index (χ1) is 7.17. The molecule has 0 saturated carbocycles. The van der Waals surface area contributed by atoms with Crippen LogP contribution in [0.3, 0.4) is 0 Å². The third kappa shape index (κ3) is 4.09. The molecule has 1 aliphatic heterocycles. The Balaban J connectivity index is 2.45. The van der Waals surface area contributed by atoms with Crippen LogP contribution in [0, 0.1) is 5.92 Å². The molecule has 1 atom stereocenters. The first-order valence-electron chi connectivity index (χ1n) is 6.24. The number of aliphatic hydroxyl groups is 1. The molecule has 15 heavy (non-hydrogen) atoms. The van der Waals surface area contributed by atoms with E-state index in [4.69, 9.17) is 5.11 Å². The van der Waals surface area contributed by atoms with E-state index < -0.39 is 0 Å². The van der Waals surface area contributed by atoms with Crippen LogP contribution < -0.4 is 0 Å². The Kier molecular flexibility index (Phi) is 5.58. The van der Waals surface area contributed by atoms with Gasteiger partial charge in [-0.1, -0.05) is 20.8 Å². The Morgan fingerprint density at radius 2 is 2.07 bits per heavy atom. The fourth-order valence-electron chi connectivity index (χ4n) is 2.49. The van der Waals surface area contributed by atoms with E-state index in [9.17, 15) is 0 Å². The first kappa shape index (κ1) is 12.9. The maximum absolute atomic E-state index is 8.95. The molecule has 3 heteroatoms. The second-order valence-corrected chi connectivity index (χ2v) is 4.94. The lowest BCUT2D eigenvalue weighted by atomic mass is 10.00. The van der Waals surface area contributed by atoms with E-state index in [0.29, 0.717) is 12.6 Å². The maximum atomic E-state index is 8.95. The van der Waals surface area contributed by atoms with E-state index in [-0.39, 0.29) is 0 Å². The van der Waals surface area contributed by atoms with Crippen molar-refractivity contribution in [2.75, 3.05) is 39.3 Å². The molecule has 1 rings (SSSR count). The molecule has 90 valence electrons. The average molecular weight is 214 g/mol. The minimum absolute atomic E-state index is 0.292.